The van der Waals surface area contributed by atoms with Crippen LogP contribution in [0.3, 0.4) is 0 Å². The Bertz CT molecular complexity index is 487. The van der Waals surface area contributed by atoms with Crippen LogP contribution in [0.1, 0.15) is 36.8 Å². The van der Waals surface area contributed by atoms with Crippen LogP contribution < -0.4 is 0 Å². The number of rotatable bonds is 5. The van der Waals surface area contributed by atoms with Crippen LogP contribution >= 0.6 is 0 Å². The van der Waals surface area contributed by atoms with E-state index in [4.69, 9.17) is 10.4 Å². The second-order valence-electron chi connectivity index (χ2n) is 5.01. The average molecular weight is 258 g/mol. The van der Waals surface area contributed by atoms with Crippen molar-refractivity contribution in [1.29, 1.82) is 5.26 Å². The molecule has 0 unspecified atom stereocenters. The zero-order valence-electron chi connectivity index (χ0n) is 10.9. The first-order chi connectivity index (χ1) is 9.20. The van der Waals surface area contributed by atoms with E-state index < -0.39 is 5.97 Å². The molecule has 100 valence electrons. The molecule has 0 aliphatic heterocycles. The monoisotopic (exact) mass is 258 g/mol. The zero-order chi connectivity index (χ0) is 13.7. The summed E-state index contributed by atoms with van der Waals surface area (Å²) < 4.78 is 0. The van der Waals surface area contributed by atoms with Crippen LogP contribution in [0.4, 0.5) is 0 Å². The van der Waals surface area contributed by atoms with Crippen molar-refractivity contribution in [3.8, 4) is 6.07 Å². The molecule has 1 N–H and O–H groups in total. The summed E-state index contributed by atoms with van der Waals surface area (Å²) in [5.74, 6) is -0.804. The third-order valence-corrected chi connectivity index (χ3v) is 3.69. The largest absolute Gasteiger partial charge is 0.480 e. The predicted octanol–water partition coefficient (Wildman–Crippen LogP) is 2.39. The second kappa shape index (κ2) is 6.35. The molecule has 1 fully saturated rings. The third-order valence-electron chi connectivity index (χ3n) is 3.69. The molecule has 1 aromatic rings. The number of nitriles is 1. The van der Waals surface area contributed by atoms with Gasteiger partial charge in [-0.2, -0.15) is 5.26 Å². The average Bonchev–Trinajstić information content (AvgIpc) is 2.92. The van der Waals surface area contributed by atoms with Crippen molar-refractivity contribution < 1.29 is 9.90 Å². The number of hydrogen-bond acceptors (Lipinski definition) is 3. The highest BCUT2D eigenvalue weighted by molar-refractivity contribution is 5.69. The lowest BCUT2D eigenvalue weighted by Gasteiger charge is -2.27. The maximum atomic E-state index is 11.0. The number of benzene rings is 1. The molecule has 0 aromatic heterocycles. The van der Waals surface area contributed by atoms with E-state index in [0.717, 1.165) is 18.4 Å². The Balaban J connectivity index is 2.15. The summed E-state index contributed by atoms with van der Waals surface area (Å²) in [7, 11) is 0. The molecule has 1 aromatic carbocycles. The summed E-state index contributed by atoms with van der Waals surface area (Å²) in [5, 5.41) is 18.1. The molecule has 1 aliphatic carbocycles. The lowest BCUT2D eigenvalue weighted by Crippen LogP contribution is -2.37. The van der Waals surface area contributed by atoms with Gasteiger partial charge >= 0.3 is 5.97 Å². The van der Waals surface area contributed by atoms with Crippen molar-refractivity contribution in [3.63, 3.8) is 0 Å². The van der Waals surface area contributed by atoms with E-state index in [1.807, 2.05) is 23.1 Å². The Kier molecular flexibility index (Phi) is 4.53. The number of nitrogens with zero attached hydrogens (tertiary/aromatic N) is 2. The molecule has 0 atom stereocenters. The van der Waals surface area contributed by atoms with E-state index in [1.54, 1.807) is 6.07 Å². The first-order valence-corrected chi connectivity index (χ1v) is 6.64. The van der Waals surface area contributed by atoms with Gasteiger partial charge in [0.15, 0.2) is 0 Å². The molecule has 0 bridgehead atoms. The van der Waals surface area contributed by atoms with Crippen molar-refractivity contribution >= 4 is 5.97 Å². The molecule has 1 aliphatic rings. The van der Waals surface area contributed by atoms with Gasteiger partial charge in [-0.3, -0.25) is 9.69 Å². The van der Waals surface area contributed by atoms with E-state index in [2.05, 4.69) is 6.07 Å². The number of carboxylic acid groups (broad SMARTS) is 1. The van der Waals surface area contributed by atoms with Crippen LogP contribution in [0.25, 0.3) is 0 Å². The van der Waals surface area contributed by atoms with Gasteiger partial charge in [-0.15, -0.1) is 0 Å². The SMILES string of the molecule is N#Cc1ccccc1CN(CC(=O)O)C1CCCC1. The van der Waals surface area contributed by atoms with Crippen molar-refractivity contribution in [3.05, 3.63) is 35.4 Å². The highest BCUT2D eigenvalue weighted by Gasteiger charge is 2.24. The second-order valence-corrected chi connectivity index (χ2v) is 5.01. The summed E-state index contributed by atoms with van der Waals surface area (Å²) in [6, 6.07) is 9.92. The zero-order valence-corrected chi connectivity index (χ0v) is 10.9. The van der Waals surface area contributed by atoms with E-state index in [0.29, 0.717) is 18.2 Å². The molecular weight excluding hydrogens is 240 g/mol. The highest BCUT2D eigenvalue weighted by atomic mass is 16.4. The normalized spacial score (nSPS) is 15.6. The first kappa shape index (κ1) is 13.6. The summed E-state index contributed by atoms with van der Waals surface area (Å²) >= 11 is 0. The summed E-state index contributed by atoms with van der Waals surface area (Å²) in [6.07, 6.45) is 4.45. The summed E-state index contributed by atoms with van der Waals surface area (Å²) in [4.78, 5) is 13.0. The molecule has 19 heavy (non-hydrogen) atoms. The minimum Gasteiger partial charge on any atom is -0.480 e. The van der Waals surface area contributed by atoms with Gasteiger partial charge in [0.1, 0.15) is 0 Å². The topological polar surface area (TPSA) is 64.3 Å². The Morgan fingerprint density at radius 3 is 2.68 bits per heavy atom. The Morgan fingerprint density at radius 2 is 2.05 bits per heavy atom. The lowest BCUT2D eigenvalue weighted by molar-refractivity contribution is -0.139. The minimum atomic E-state index is -0.804. The van der Waals surface area contributed by atoms with E-state index in [1.165, 1.54) is 12.8 Å². The Morgan fingerprint density at radius 1 is 1.37 bits per heavy atom. The lowest BCUT2D eigenvalue weighted by atomic mass is 10.1. The van der Waals surface area contributed by atoms with Crippen LogP contribution in [0.2, 0.25) is 0 Å². The van der Waals surface area contributed by atoms with E-state index >= 15 is 0 Å². The van der Waals surface area contributed by atoms with Crippen LogP contribution in [-0.4, -0.2) is 28.6 Å². The molecule has 1 saturated carbocycles. The van der Waals surface area contributed by atoms with Gasteiger partial charge in [-0.1, -0.05) is 31.0 Å². The van der Waals surface area contributed by atoms with Gasteiger partial charge in [0.2, 0.25) is 0 Å². The van der Waals surface area contributed by atoms with E-state index in [-0.39, 0.29) is 6.54 Å². The maximum Gasteiger partial charge on any atom is 0.317 e. The summed E-state index contributed by atoms with van der Waals surface area (Å²) in [5.41, 5.74) is 1.55. The van der Waals surface area contributed by atoms with Crippen molar-refractivity contribution in [2.75, 3.05) is 6.54 Å². The third kappa shape index (κ3) is 3.55. The van der Waals surface area contributed by atoms with Crippen molar-refractivity contribution in [2.24, 2.45) is 0 Å². The van der Waals surface area contributed by atoms with Crippen molar-refractivity contribution in [1.82, 2.24) is 4.90 Å². The quantitative estimate of drug-likeness (QED) is 0.880. The van der Waals surface area contributed by atoms with Crippen LogP contribution in [0, 0.1) is 11.3 Å². The summed E-state index contributed by atoms with van der Waals surface area (Å²) in [6.45, 7) is 0.588. The van der Waals surface area contributed by atoms with Gasteiger partial charge in [-0.25, -0.2) is 0 Å². The minimum absolute atomic E-state index is 0.0461. The molecular formula is C15H18N2O2. The molecule has 2 rings (SSSR count). The van der Waals surface area contributed by atoms with Gasteiger partial charge in [0.25, 0.3) is 0 Å². The standard InChI is InChI=1S/C15H18N2O2/c16-9-12-5-1-2-6-13(12)10-17(11-15(18)19)14-7-3-4-8-14/h1-2,5-6,14H,3-4,7-8,10-11H2,(H,18,19). The molecule has 0 radical (unpaired) electrons. The maximum absolute atomic E-state index is 11.0. The molecule has 0 saturated heterocycles. The Hall–Kier alpha value is -1.86. The van der Waals surface area contributed by atoms with Gasteiger partial charge in [0, 0.05) is 12.6 Å². The molecule has 4 heteroatoms. The van der Waals surface area contributed by atoms with Crippen molar-refractivity contribution in [2.45, 2.75) is 38.3 Å². The highest BCUT2D eigenvalue weighted by Crippen LogP contribution is 2.25. The number of hydrogen-bond donors (Lipinski definition) is 1. The number of carboxylic acids is 1. The fourth-order valence-electron chi connectivity index (χ4n) is 2.74. The number of carbonyl (C=O) groups is 1. The van der Waals surface area contributed by atoms with Crippen LogP contribution in [-0.2, 0) is 11.3 Å². The molecule has 0 amide bonds. The smallest absolute Gasteiger partial charge is 0.317 e. The van der Waals surface area contributed by atoms with Crippen LogP contribution in [0.15, 0.2) is 24.3 Å². The van der Waals surface area contributed by atoms with Gasteiger partial charge in [-0.05, 0) is 24.5 Å². The predicted molar refractivity (Wildman–Crippen MR) is 71.5 cm³/mol. The first-order valence-electron chi connectivity index (χ1n) is 6.64. The number of aliphatic carboxylic acids is 1. The van der Waals surface area contributed by atoms with Crippen LogP contribution in [0.5, 0.6) is 0 Å². The van der Waals surface area contributed by atoms with Gasteiger partial charge < -0.3 is 5.11 Å². The molecule has 0 spiro atoms. The molecule has 4 nitrogen and oxygen atoms in total. The fraction of sp³-hybridized carbons (Fsp3) is 0.467. The van der Waals surface area contributed by atoms with Gasteiger partial charge in [0.05, 0.1) is 18.2 Å². The molecule has 0 heterocycles. The Labute approximate surface area is 113 Å². The van der Waals surface area contributed by atoms with E-state index in [9.17, 15) is 4.79 Å². The fourth-order valence-corrected chi connectivity index (χ4v) is 2.74.